The minimum atomic E-state index is -3.69. The molecule has 0 radical (unpaired) electrons. The van der Waals surface area contributed by atoms with E-state index in [1.54, 1.807) is 24.1 Å². The first-order chi connectivity index (χ1) is 18.8. The lowest BCUT2D eigenvalue weighted by Gasteiger charge is -2.31. The van der Waals surface area contributed by atoms with Gasteiger partial charge in [0.05, 0.1) is 17.7 Å². The van der Waals surface area contributed by atoms with Crippen LogP contribution in [0.5, 0.6) is 5.75 Å². The standard InChI is InChI=1S/C30H37N3O5S/c1-4-6-19-31-30(35)25(5-2)32(21-22-15-17-24(38-3)18-16-22)28(34)14-9-20-33-26-12-7-10-23-11-8-13-27(29(23)26)39(33,36)37/h7-8,10-13,15-18,25H,4-6,9,14,19-21H2,1-3H3,(H,31,35). The highest BCUT2D eigenvalue weighted by molar-refractivity contribution is 7.93. The molecule has 8 nitrogen and oxygen atoms in total. The summed E-state index contributed by atoms with van der Waals surface area (Å²) in [6.45, 7) is 4.97. The van der Waals surface area contributed by atoms with Gasteiger partial charge in [0, 0.05) is 31.4 Å². The van der Waals surface area contributed by atoms with Crippen molar-refractivity contribution in [2.45, 2.75) is 63.4 Å². The Morgan fingerprint density at radius 3 is 2.38 bits per heavy atom. The average molecular weight is 552 g/mol. The molecule has 0 aliphatic carbocycles. The van der Waals surface area contributed by atoms with Gasteiger partial charge in [0.2, 0.25) is 11.8 Å². The molecule has 1 aliphatic rings. The van der Waals surface area contributed by atoms with Crippen molar-refractivity contribution >= 4 is 38.3 Å². The van der Waals surface area contributed by atoms with Crippen molar-refractivity contribution in [3.8, 4) is 5.75 Å². The predicted molar refractivity (Wildman–Crippen MR) is 153 cm³/mol. The molecule has 2 amide bonds. The lowest BCUT2D eigenvalue weighted by molar-refractivity contribution is -0.141. The summed E-state index contributed by atoms with van der Waals surface area (Å²) in [5.41, 5.74) is 1.53. The summed E-state index contributed by atoms with van der Waals surface area (Å²) in [5.74, 6) is 0.358. The van der Waals surface area contributed by atoms with Crippen LogP contribution in [0, 0.1) is 0 Å². The molecule has 0 saturated carbocycles. The predicted octanol–water partition coefficient (Wildman–Crippen LogP) is 4.86. The number of nitrogens with one attached hydrogen (secondary N) is 1. The summed E-state index contributed by atoms with van der Waals surface area (Å²) < 4.78 is 33.3. The third-order valence-electron chi connectivity index (χ3n) is 7.16. The zero-order chi connectivity index (χ0) is 28.0. The lowest BCUT2D eigenvalue weighted by atomic mass is 10.1. The molecule has 1 heterocycles. The fourth-order valence-electron chi connectivity index (χ4n) is 5.07. The summed E-state index contributed by atoms with van der Waals surface area (Å²) in [6.07, 6.45) is 2.75. The molecule has 0 fully saturated rings. The number of ether oxygens (including phenoxy) is 1. The van der Waals surface area contributed by atoms with Crippen LogP contribution in [0.15, 0.2) is 65.6 Å². The van der Waals surface area contributed by atoms with Gasteiger partial charge in [0.1, 0.15) is 11.8 Å². The zero-order valence-electron chi connectivity index (χ0n) is 22.9. The molecule has 1 N–H and O–H groups in total. The van der Waals surface area contributed by atoms with Crippen LogP contribution in [0.4, 0.5) is 5.69 Å². The molecule has 1 atom stereocenters. The van der Waals surface area contributed by atoms with Gasteiger partial charge in [0.15, 0.2) is 0 Å². The minimum Gasteiger partial charge on any atom is -0.497 e. The second-order valence-electron chi connectivity index (χ2n) is 9.75. The molecule has 1 aliphatic heterocycles. The van der Waals surface area contributed by atoms with E-state index >= 15 is 0 Å². The zero-order valence-corrected chi connectivity index (χ0v) is 23.7. The summed E-state index contributed by atoms with van der Waals surface area (Å²) >= 11 is 0. The van der Waals surface area contributed by atoms with E-state index in [1.807, 2.05) is 55.5 Å². The van der Waals surface area contributed by atoms with Crippen LogP contribution in [-0.4, -0.2) is 51.4 Å². The van der Waals surface area contributed by atoms with Crippen molar-refractivity contribution in [2.24, 2.45) is 0 Å². The molecule has 0 bridgehead atoms. The Bertz CT molecular complexity index is 1420. The monoisotopic (exact) mass is 551 g/mol. The molecule has 0 saturated heterocycles. The van der Waals surface area contributed by atoms with Crippen LogP contribution in [-0.2, 0) is 26.2 Å². The highest BCUT2D eigenvalue weighted by Crippen LogP contribution is 2.42. The van der Waals surface area contributed by atoms with Gasteiger partial charge in [-0.2, -0.15) is 0 Å². The maximum absolute atomic E-state index is 13.6. The molecule has 9 heteroatoms. The molecule has 3 aromatic rings. The quantitative estimate of drug-likeness (QED) is 0.306. The number of amides is 2. The number of benzene rings is 3. The largest absolute Gasteiger partial charge is 0.497 e. The van der Waals surface area contributed by atoms with Gasteiger partial charge in [-0.1, -0.05) is 56.7 Å². The fourth-order valence-corrected chi connectivity index (χ4v) is 6.82. The number of carbonyl (C=O) groups is 2. The van der Waals surface area contributed by atoms with E-state index in [1.165, 1.54) is 4.31 Å². The molecule has 3 aromatic carbocycles. The number of sulfonamides is 1. The SMILES string of the molecule is CCCCNC(=O)C(CC)N(Cc1ccc(OC)cc1)C(=O)CCCN1c2cccc3cccc(c23)S1(=O)=O. The number of carbonyl (C=O) groups excluding carboxylic acids is 2. The van der Waals surface area contributed by atoms with Crippen molar-refractivity contribution in [3.05, 3.63) is 66.2 Å². The molecule has 0 aromatic heterocycles. The van der Waals surface area contributed by atoms with Crippen LogP contribution in [0.3, 0.4) is 0 Å². The molecule has 0 spiro atoms. The second kappa shape index (κ2) is 12.5. The Morgan fingerprint density at radius 2 is 1.72 bits per heavy atom. The topological polar surface area (TPSA) is 96.0 Å². The van der Waals surface area contributed by atoms with E-state index in [2.05, 4.69) is 12.2 Å². The first-order valence-electron chi connectivity index (χ1n) is 13.6. The van der Waals surface area contributed by atoms with Crippen LogP contribution < -0.4 is 14.4 Å². The molecule has 1 unspecified atom stereocenters. The molecule has 4 rings (SSSR count). The first kappa shape index (κ1) is 28.4. The Morgan fingerprint density at radius 1 is 1.00 bits per heavy atom. The van der Waals surface area contributed by atoms with Gasteiger partial charge in [0.25, 0.3) is 10.0 Å². The maximum Gasteiger partial charge on any atom is 0.265 e. The van der Waals surface area contributed by atoms with Crippen molar-refractivity contribution < 1.29 is 22.7 Å². The van der Waals surface area contributed by atoms with Gasteiger partial charge in [-0.25, -0.2) is 8.42 Å². The highest BCUT2D eigenvalue weighted by atomic mass is 32.2. The maximum atomic E-state index is 13.6. The Balaban J connectivity index is 1.50. The smallest absolute Gasteiger partial charge is 0.265 e. The molecule has 39 heavy (non-hydrogen) atoms. The number of anilines is 1. The number of hydrogen-bond acceptors (Lipinski definition) is 5. The number of methoxy groups -OCH3 is 1. The highest BCUT2D eigenvalue weighted by Gasteiger charge is 2.35. The van der Waals surface area contributed by atoms with E-state index in [0.29, 0.717) is 35.7 Å². The van der Waals surface area contributed by atoms with Crippen molar-refractivity contribution in [3.63, 3.8) is 0 Å². The fraction of sp³-hybridized carbons (Fsp3) is 0.400. The van der Waals surface area contributed by atoms with Crippen molar-refractivity contribution in [1.29, 1.82) is 0 Å². The summed E-state index contributed by atoms with van der Waals surface area (Å²) in [4.78, 5) is 28.6. The average Bonchev–Trinajstić information content (AvgIpc) is 3.16. The van der Waals surface area contributed by atoms with Crippen LogP contribution >= 0.6 is 0 Å². The van der Waals surface area contributed by atoms with Crippen LogP contribution in [0.1, 0.15) is 51.5 Å². The third-order valence-corrected chi connectivity index (χ3v) is 9.02. The van der Waals surface area contributed by atoms with Gasteiger partial charge in [-0.05, 0) is 54.5 Å². The molecular weight excluding hydrogens is 514 g/mol. The lowest BCUT2D eigenvalue weighted by Crippen LogP contribution is -2.49. The molecule has 208 valence electrons. The summed E-state index contributed by atoms with van der Waals surface area (Å²) in [6, 6.07) is 17.6. The Hall–Kier alpha value is -3.59. The van der Waals surface area contributed by atoms with E-state index < -0.39 is 16.1 Å². The van der Waals surface area contributed by atoms with Crippen LogP contribution in [0.2, 0.25) is 0 Å². The van der Waals surface area contributed by atoms with Crippen molar-refractivity contribution in [1.82, 2.24) is 10.2 Å². The summed E-state index contributed by atoms with van der Waals surface area (Å²) in [5, 5.41) is 4.56. The Kier molecular flexibility index (Phi) is 9.12. The Labute approximate surface area is 231 Å². The van der Waals surface area contributed by atoms with Gasteiger partial charge >= 0.3 is 0 Å². The first-order valence-corrected chi connectivity index (χ1v) is 15.0. The van der Waals surface area contributed by atoms with Crippen LogP contribution in [0.25, 0.3) is 10.8 Å². The minimum absolute atomic E-state index is 0.118. The number of rotatable bonds is 13. The number of hydrogen-bond donors (Lipinski definition) is 1. The number of unbranched alkanes of at least 4 members (excludes halogenated alkanes) is 1. The van der Waals surface area contributed by atoms with Gasteiger partial charge < -0.3 is 15.0 Å². The van der Waals surface area contributed by atoms with E-state index in [-0.39, 0.29) is 31.3 Å². The van der Waals surface area contributed by atoms with Gasteiger partial charge in [-0.3, -0.25) is 13.9 Å². The van der Waals surface area contributed by atoms with Crippen molar-refractivity contribution in [2.75, 3.05) is 24.5 Å². The van der Waals surface area contributed by atoms with E-state index in [4.69, 9.17) is 4.74 Å². The van der Waals surface area contributed by atoms with Gasteiger partial charge in [-0.15, -0.1) is 0 Å². The summed E-state index contributed by atoms with van der Waals surface area (Å²) in [7, 11) is -2.09. The normalized spacial score (nSPS) is 14.3. The third kappa shape index (κ3) is 6.03. The van der Waals surface area contributed by atoms with E-state index in [0.717, 1.165) is 29.2 Å². The second-order valence-corrected chi connectivity index (χ2v) is 11.6. The molecular formula is C30H37N3O5S. The number of nitrogens with zero attached hydrogens (tertiary/aromatic N) is 2. The van der Waals surface area contributed by atoms with E-state index in [9.17, 15) is 18.0 Å².